The zero-order valence-corrected chi connectivity index (χ0v) is 18.3. The van der Waals surface area contributed by atoms with E-state index in [-0.39, 0.29) is 18.2 Å². The molecule has 0 unspecified atom stereocenters. The number of carbonyl (C=O) groups excluding carboxylic acids is 1. The van der Waals surface area contributed by atoms with E-state index in [0.29, 0.717) is 23.5 Å². The van der Waals surface area contributed by atoms with Gasteiger partial charge in [-0.25, -0.2) is 4.79 Å². The first-order valence-corrected chi connectivity index (χ1v) is 9.82. The quantitative estimate of drug-likeness (QED) is 0.625. The van der Waals surface area contributed by atoms with Crippen LogP contribution in [0, 0.1) is 20.8 Å². The maximum atomic E-state index is 12.6. The normalized spacial score (nSPS) is 10.9. The van der Waals surface area contributed by atoms with Gasteiger partial charge in [-0.15, -0.1) is 0 Å². The minimum atomic E-state index is -0.322. The molecule has 1 aromatic heterocycles. The van der Waals surface area contributed by atoms with E-state index in [1.54, 1.807) is 19.0 Å². The third kappa shape index (κ3) is 3.98. The third-order valence-corrected chi connectivity index (χ3v) is 5.28. The summed E-state index contributed by atoms with van der Waals surface area (Å²) in [6.07, 6.45) is 0. The lowest BCUT2D eigenvalue weighted by Gasteiger charge is -2.19. The second-order valence-corrected chi connectivity index (χ2v) is 7.41. The van der Waals surface area contributed by atoms with E-state index in [1.165, 1.54) is 9.36 Å². The average Bonchev–Trinajstić information content (AvgIpc) is 3.06. The molecule has 0 N–H and O–H groups in total. The van der Waals surface area contributed by atoms with Crippen molar-refractivity contribution in [2.75, 3.05) is 13.6 Å². The van der Waals surface area contributed by atoms with Crippen LogP contribution >= 0.6 is 0 Å². The molecule has 0 saturated heterocycles. The van der Waals surface area contributed by atoms with Crippen molar-refractivity contribution in [1.29, 1.82) is 0 Å². The minimum absolute atomic E-state index is 0.00660. The van der Waals surface area contributed by atoms with E-state index in [2.05, 4.69) is 10.4 Å². The Balaban J connectivity index is 1.91. The number of aryl methyl sites for hydroxylation is 4. The lowest BCUT2D eigenvalue weighted by atomic mass is 10.0. The second-order valence-electron chi connectivity index (χ2n) is 7.41. The van der Waals surface area contributed by atoms with Gasteiger partial charge in [0, 0.05) is 31.8 Å². The van der Waals surface area contributed by atoms with E-state index in [4.69, 9.17) is 4.74 Å². The summed E-state index contributed by atoms with van der Waals surface area (Å²) in [5.41, 5.74) is 4.55. The second kappa shape index (κ2) is 8.52. The molecule has 0 spiro atoms. The van der Waals surface area contributed by atoms with Crippen LogP contribution in [0.4, 0.5) is 0 Å². The predicted molar refractivity (Wildman–Crippen MR) is 114 cm³/mol. The van der Waals surface area contributed by atoms with Crippen molar-refractivity contribution >= 4 is 5.91 Å². The highest BCUT2D eigenvalue weighted by atomic mass is 16.5. The molecule has 158 valence electrons. The molecule has 8 nitrogen and oxygen atoms in total. The molecule has 30 heavy (non-hydrogen) atoms. The van der Waals surface area contributed by atoms with Crippen molar-refractivity contribution in [3.05, 3.63) is 68.6 Å². The molecule has 0 aliphatic heterocycles. The van der Waals surface area contributed by atoms with Gasteiger partial charge in [-0.2, -0.15) is 9.36 Å². The Morgan fingerprint density at radius 2 is 1.83 bits per heavy atom. The molecule has 0 bridgehead atoms. The van der Waals surface area contributed by atoms with Crippen LogP contribution in [0.25, 0.3) is 5.69 Å². The molecule has 0 aliphatic carbocycles. The topological polar surface area (TPSA) is 82.2 Å². The Hall–Kier alpha value is -3.42. The van der Waals surface area contributed by atoms with Crippen LogP contribution in [0.5, 0.6) is 5.75 Å². The zero-order valence-electron chi connectivity index (χ0n) is 18.3. The fourth-order valence-electron chi connectivity index (χ4n) is 3.21. The van der Waals surface area contributed by atoms with Crippen molar-refractivity contribution in [3.8, 4) is 11.4 Å². The fourth-order valence-corrected chi connectivity index (χ4v) is 3.21. The highest BCUT2D eigenvalue weighted by molar-refractivity contribution is 5.96. The number of tetrazole rings is 1. The first kappa shape index (κ1) is 21.3. The van der Waals surface area contributed by atoms with Crippen LogP contribution in [-0.4, -0.2) is 44.2 Å². The molecule has 0 saturated carbocycles. The number of nitrogens with zero attached hydrogens (tertiary/aromatic N) is 5. The summed E-state index contributed by atoms with van der Waals surface area (Å²) >= 11 is 0. The molecule has 1 heterocycles. The summed E-state index contributed by atoms with van der Waals surface area (Å²) < 4.78 is 8.57. The summed E-state index contributed by atoms with van der Waals surface area (Å²) in [4.78, 5) is 26.5. The van der Waals surface area contributed by atoms with E-state index >= 15 is 0 Å². The number of hydrogen-bond acceptors (Lipinski definition) is 5. The number of hydrogen-bond donors (Lipinski definition) is 0. The molecule has 0 aliphatic rings. The summed E-state index contributed by atoms with van der Waals surface area (Å²) in [6.45, 7) is 8.63. The van der Waals surface area contributed by atoms with Crippen molar-refractivity contribution in [1.82, 2.24) is 24.7 Å². The van der Waals surface area contributed by atoms with Gasteiger partial charge in [-0.1, -0.05) is 12.1 Å². The van der Waals surface area contributed by atoms with Gasteiger partial charge in [0.25, 0.3) is 5.91 Å². The molecular weight excluding hydrogens is 382 g/mol. The zero-order chi connectivity index (χ0) is 22.0. The van der Waals surface area contributed by atoms with E-state index in [1.807, 2.05) is 58.0 Å². The van der Waals surface area contributed by atoms with Crippen LogP contribution in [0.15, 0.2) is 35.1 Å². The van der Waals surface area contributed by atoms with Gasteiger partial charge in [0.1, 0.15) is 12.4 Å². The van der Waals surface area contributed by atoms with E-state index in [0.717, 1.165) is 22.3 Å². The first-order valence-electron chi connectivity index (χ1n) is 9.82. The lowest BCUT2D eigenvalue weighted by molar-refractivity contribution is 0.0801. The molecule has 0 fully saturated rings. The molecule has 3 rings (SSSR count). The van der Waals surface area contributed by atoms with Gasteiger partial charge in [0.05, 0.1) is 5.69 Å². The van der Waals surface area contributed by atoms with Crippen molar-refractivity contribution in [3.63, 3.8) is 0 Å². The van der Waals surface area contributed by atoms with Gasteiger partial charge < -0.3 is 9.64 Å². The number of amides is 1. The Morgan fingerprint density at radius 1 is 1.10 bits per heavy atom. The van der Waals surface area contributed by atoms with Gasteiger partial charge in [-0.3, -0.25) is 4.79 Å². The first-order chi connectivity index (χ1) is 14.2. The highest BCUT2D eigenvalue weighted by Crippen LogP contribution is 2.26. The van der Waals surface area contributed by atoms with Gasteiger partial charge in [0.2, 0.25) is 0 Å². The fraction of sp³-hybridized carbons (Fsp3) is 0.364. The minimum Gasteiger partial charge on any atom is -0.489 e. The summed E-state index contributed by atoms with van der Waals surface area (Å²) in [5, 5.41) is 7.74. The molecule has 0 atom stereocenters. The van der Waals surface area contributed by atoms with Gasteiger partial charge in [0.15, 0.2) is 0 Å². The highest BCUT2D eigenvalue weighted by Gasteiger charge is 2.17. The smallest absolute Gasteiger partial charge is 0.368 e. The Kier molecular flexibility index (Phi) is 6.05. The van der Waals surface area contributed by atoms with Crippen molar-refractivity contribution in [2.24, 2.45) is 7.05 Å². The van der Waals surface area contributed by atoms with Gasteiger partial charge >= 0.3 is 5.69 Å². The molecule has 2 aromatic carbocycles. The number of rotatable bonds is 6. The summed E-state index contributed by atoms with van der Waals surface area (Å²) in [5.74, 6) is 0.691. The summed E-state index contributed by atoms with van der Waals surface area (Å²) in [6, 6.07) is 9.41. The molecule has 1 amide bonds. The van der Waals surface area contributed by atoms with Crippen LogP contribution in [-0.2, 0) is 13.7 Å². The standard InChI is InChI=1S/C22H27N5O3/c1-7-25(5)21(28)17-11-16(4)20(12-15(17)3)30-13-18-14(2)9-8-10-19(18)27-22(29)26(6)23-24-27/h8-12H,7,13H2,1-6H3. The van der Waals surface area contributed by atoms with Crippen LogP contribution < -0.4 is 10.4 Å². The maximum Gasteiger partial charge on any atom is 0.368 e. The number of aromatic nitrogens is 4. The van der Waals surface area contributed by atoms with Crippen molar-refractivity contribution < 1.29 is 9.53 Å². The third-order valence-electron chi connectivity index (χ3n) is 5.28. The molecule has 8 heteroatoms. The number of carbonyl (C=O) groups is 1. The van der Waals surface area contributed by atoms with Crippen LogP contribution in [0.3, 0.4) is 0 Å². The number of ether oxygens (including phenoxy) is 1. The molecule has 3 aromatic rings. The Labute approximate surface area is 175 Å². The molecular formula is C22H27N5O3. The lowest BCUT2D eigenvalue weighted by Crippen LogP contribution is -2.27. The predicted octanol–water partition coefficient (Wildman–Crippen LogP) is 2.56. The Morgan fingerprint density at radius 3 is 2.47 bits per heavy atom. The van der Waals surface area contributed by atoms with Crippen molar-refractivity contribution in [2.45, 2.75) is 34.3 Å². The SMILES string of the molecule is CCN(C)C(=O)c1cc(C)c(OCc2c(C)cccc2-n2nnn(C)c2=O)cc1C. The van der Waals surface area contributed by atoms with Crippen LogP contribution in [0.2, 0.25) is 0 Å². The van der Waals surface area contributed by atoms with Gasteiger partial charge in [-0.05, 0) is 73.0 Å². The molecule has 0 radical (unpaired) electrons. The average molecular weight is 409 g/mol. The monoisotopic (exact) mass is 409 g/mol. The van der Waals surface area contributed by atoms with Crippen LogP contribution in [0.1, 0.15) is 39.5 Å². The number of benzene rings is 2. The Bertz CT molecular complexity index is 1150. The maximum absolute atomic E-state index is 12.6. The van der Waals surface area contributed by atoms with E-state index in [9.17, 15) is 9.59 Å². The largest absolute Gasteiger partial charge is 0.489 e. The van der Waals surface area contributed by atoms with E-state index < -0.39 is 0 Å². The summed E-state index contributed by atoms with van der Waals surface area (Å²) in [7, 11) is 3.35.